The zero-order chi connectivity index (χ0) is 15.2. The van der Waals surface area contributed by atoms with Gasteiger partial charge in [-0.25, -0.2) is 4.39 Å². The Morgan fingerprint density at radius 1 is 1.25 bits per heavy atom. The Morgan fingerprint density at radius 2 is 1.85 bits per heavy atom. The van der Waals surface area contributed by atoms with E-state index in [9.17, 15) is 22.4 Å². The second kappa shape index (κ2) is 7.49. The minimum atomic E-state index is -4.43. The Balaban J connectivity index is 2.45. The molecule has 1 aromatic carbocycles. The van der Waals surface area contributed by atoms with Crippen LogP contribution in [0.4, 0.5) is 17.6 Å². The Morgan fingerprint density at radius 3 is 2.35 bits per heavy atom. The molecule has 0 bridgehead atoms. The molecular weight excluding hydrogens is 298 g/mol. The van der Waals surface area contributed by atoms with E-state index in [0.717, 1.165) is 4.90 Å². The van der Waals surface area contributed by atoms with Gasteiger partial charge in [-0.2, -0.15) is 13.2 Å². The summed E-state index contributed by atoms with van der Waals surface area (Å²) >= 11 is 1.24. The SMILES string of the molecule is O=C(O)CN(CCSc1ccc(F)cc1)CC(F)(F)F. The molecule has 0 spiro atoms. The summed E-state index contributed by atoms with van der Waals surface area (Å²) in [6, 6.07) is 5.55. The van der Waals surface area contributed by atoms with Crippen molar-refractivity contribution in [3.05, 3.63) is 30.1 Å². The molecule has 0 aliphatic carbocycles. The molecule has 0 aliphatic heterocycles. The fraction of sp³-hybridized carbons (Fsp3) is 0.417. The number of nitrogens with zero attached hydrogens (tertiary/aromatic N) is 1. The highest BCUT2D eigenvalue weighted by molar-refractivity contribution is 7.99. The largest absolute Gasteiger partial charge is 0.480 e. The third-order valence-corrected chi connectivity index (χ3v) is 3.24. The molecule has 0 radical (unpaired) electrons. The maximum Gasteiger partial charge on any atom is 0.401 e. The van der Waals surface area contributed by atoms with Crippen LogP contribution in [-0.2, 0) is 4.79 Å². The van der Waals surface area contributed by atoms with Gasteiger partial charge in [-0.1, -0.05) is 0 Å². The molecule has 0 saturated carbocycles. The third-order valence-electron chi connectivity index (χ3n) is 2.25. The first-order chi connectivity index (χ1) is 9.26. The highest BCUT2D eigenvalue weighted by atomic mass is 32.2. The summed E-state index contributed by atoms with van der Waals surface area (Å²) in [4.78, 5) is 12.0. The van der Waals surface area contributed by atoms with Crippen LogP contribution in [0.5, 0.6) is 0 Å². The van der Waals surface area contributed by atoms with Crippen molar-refractivity contribution in [2.75, 3.05) is 25.4 Å². The molecule has 0 heterocycles. The van der Waals surface area contributed by atoms with E-state index in [0.29, 0.717) is 4.90 Å². The van der Waals surface area contributed by atoms with Gasteiger partial charge in [-0.15, -0.1) is 11.8 Å². The van der Waals surface area contributed by atoms with E-state index in [2.05, 4.69) is 0 Å². The van der Waals surface area contributed by atoms with E-state index in [1.165, 1.54) is 36.0 Å². The second-order valence-electron chi connectivity index (χ2n) is 4.02. The van der Waals surface area contributed by atoms with Crippen molar-refractivity contribution in [2.24, 2.45) is 0 Å². The van der Waals surface area contributed by atoms with Gasteiger partial charge in [0.15, 0.2) is 0 Å². The molecule has 0 unspecified atom stereocenters. The van der Waals surface area contributed by atoms with Gasteiger partial charge in [0, 0.05) is 17.2 Å². The summed E-state index contributed by atoms with van der Waals surface area (Å²) in [7, 11) is 0. The Kier molecular flexibility index (Phi) is 6.28. The molecule has 0 amide bonds. The van der Waals surface area contributed by atoms with E-state index in [1.807, 2.05) is 0 Å². The number of carboxylic acids is 1. The van der Waals surface area contributed by atoms with E-state index in [-0.39, 0.29) is 18.1 Å². The molecule has 1 N–H and O–H groups in total. The first kappa shape index (κ1) is 16.8. The van der Waals surface area contributed by atoms with Gasteiger partial charge in [-0.3, -0.25) is 9.69 Å². The lowest BCUT2D eigenvalue weighted by Gasteiger charge is -2.21. The van der Waals surface area contributed by atoms with Crippen LogP contribution in [0.3, 0.4) is 0 Å². The van der Waals surface area contributed by atoms with Crippen LogP contribution in [0.1, 0.15) is 0 Å². The first-order valence-electron chi connectivity index (χ1n) is 5.65. The number of aliphatic carboxylic acids is 1. The summed E-state index contributed by atoms with van der Waals surface area (Å²) in [6.07, 6.45) is -4.43. The molecule has 0 aromatic heterocycles. The molecule has 112 valence electrons. The van der Waals surface area contributed by atoms with Crippen molar-refractivity contribution in [2.45, 2.75) is 11.1 Å². The summed E-state index contributed by atoms with van der Waals surface area (Å²) in [5.41, 5.74) is 0. The van der Waals surface area contributed by atoms with Crippen LogP contribution in [0.25, 0.3) is 0 Å². The van der Waals surface area contributed by atoms with Crippen molar-refractivity contribution in [3.63, 3.8) is 0 Å². The third kappa shape index (κ3) is 7.34. The van der Waals surface area contributed by atoms with Crippen molar-refractivity contribution < 1.29 is 27.5 Å². The van der Waals surface area contributed by atoms with Gasteiger partial charge >= 0.3 is 12.1 Å². The number of hydrogen-bond acceptors (Lipinski definition) is 3. The van der Waals surface area contributed by atoms with Crippen molar-refractivity contribution in [3.8, 4) is 0 Å². The van der Waals surface area contributed by atoms with E-state index >= 15 is 0 Å². The Hall–Kier alpha value is -1.28. The number of carboxylic acid groups (broad SMARTS) is 1. The average Bonchev–Trinajstić information content (AvgIpc) is 2.28. The van der Waals surface area contributed by atoms with Crippen LogP contribution >= 0.6 is 11.8 Å². The zero-order valence-corrected chi connectivity index (χ0v) is 11.2. The zero-order valence-electron chi connectivity index (χ0n) is 10.4. The van der Waals surface area contributed by atoms with Gasteiger partial charge in [0.25, 0.3) is 0 Å². The van der Waals surface area contributed by atoms with Gasteiger partial charge in [0.2, 0.25) is 0 Å². The average molecular weight is 311 g/mol. The van der Waals surface area contributed by atoms with Gasteiger partial charge in [0.05, 0.1) is 13.1 Å². The lowest BCUT2D eigenvalue weighted by atomic mass is 10.4. The van der Waals surface area contributed by atoms with Gasteiger partial charge in [0.1, 0.15) is 5.82 Å². The highest BCUT2D eigenvalue weighted by Crippen LogP contribution is 2.20. The predicted octanol–water partition coefficient (Wildman–Crippen LogP) is 2.87. The normalized spacial score (nSPS) is 11.8. The lowest BCUT2D eigenvalue weighted by Crippen LogP contribution is -2.39. The van der Waals surface area contributed by atoms with Gasteiger partial charge < -0.3 is 5.11 Å². The van der Waals surface area contributed by atoms with E-state index in [1.54, 1.807) is 0 Å². The maximum absolute atomic E-state index is 12.7. The number of alkyl halides is 3. The molecule has 1 rings (SSSR count). The molecule has 1 aromatic rings. The van der Waals surface area contributed by atoms with Crippen molar-refractivity contribution >= 4 is 17.7 Å². The van der Waals surface area contributed by atoms with E-state index in [4.69, 9.17) is 5.11 Å². The summed E-state index contributed by atoms with van der Waals surface area (Å²) in [6.45, 7) is -1.94. The standard InChI is InChI=1S/C12H13F4NO2S/c13-9-1-3-10(4-2-9)20-6-5-17(7-11(18)19)8-12(14,15)16/h1-4H,5-8H2,(H,18,19). The molecule has 0 saturated heterocycles. The van der Waals surface area contributed by atoms with Crippen LogP contribution < -0.4 is 0 Å². The first-order valence-corrected chi connectivity index (χ1v) is 6.64. The highest BCUT2D eigenvalue weighted by Gasteiger charge is 2.31. The van der Waals surface area contributed by atoms with Gasteiger partial charge in [-0.05, 0) is 24.3 Å². The molecular formula is C12H13F4NO2S. The number of rotatable bonds is 7. The number of halogens is 4. The molecule has 0 atom stereocenters. The number of carbonyl (C=O) groups is 1. The van der Waals surface area contributed by atoms with Crippen LogP contribution in [0, 0.1) is 5.82 Å². The van der Waals surface area contributed by atoms with Crippen LogP contribution in [-0.4, -0.2) is 47.5 Å². The minimum Gasteiger partial charge on any atom is -0.480 e. The van der Waals surface area contributed by atoms with Crippen LogP contribution in [0.15, 0.2) is 29.2 Å². The summed E-state index contributed by atoms with van der Waals surface area (Å²) in [5, 5.41) is 8.57. The van der Waals surface area contributed by atoms with E-state index < -0.39 is 25.2 Å². The fourth-order valence-electron chi connectivity index (χ4n) is 1.48. The molecule has 8 heteroatoms. The number of hydrogen-bond donors (Lipinski definition) is 1. The molecule has 3 nitrogen and oxygen atoms in total. The maximum atomic E-state index is 12.7. The molecule has 20 heavy (non-hydrogen) atoms. The minimum absolute atomic E-state index is 0.0200. The lowest BCUT2D eigenvalue weighted by molar-refractivity contribution is -0.153. The molecule has 0 fully saturated rings. The van der Waals surface area contributed by atoms with Crippen molar-refractivity contribution in [1.29, 1.82) is 0 Å². The van der Waals surface area contributed by atoms with Crippen molar-refractivity contribution in [1.82, 2.24) is 4.90 Å². The molecule has 0 aliphatic rings. The smallest absolute Gasteiger partial charge is 0.401 e. The predicted molar refractivity (Wildman–Crippen MR) is 67.3 cm³/mol. The Labute approximate surface area is 117 Å². The van der Waals surface area contributed by atoms with Crippen LogP contribution in [0.2, 0.25) is 0 Å². The number of benzene rings is 1. The second-order valence-corrected chi connectivity index (χ2v) is 5.19. The fourth-order valence-corrected chi connectivity index (χ4v) is 2.40. The summed E-state index contributed by atoms with van der Waals surface area (Å²) in [5.74, 6) is -1.41. The Bertz CT molecular complexity index is 436. The quantitative estimate of drug-likeness (QED) is 0.621. The summed E-state index contributed by atoms with van der Waals surface area (Å²) < 4.78 is 49.5. The topological polar surface area (TPSA) is 40.5 Å². The monoisotopic (exact) mass is 311 g/mol. The number of thioether (sulfide) groups is 1.